The van der Waals surface area contributed by atoms with E-state index in [1.807, 2.05) is 35.9 Å². The Labute approximate surface area is 235 Å². The van der Waals surface area contributed by atoms with Crippen LogP contribution in [0.4, 0.5) is 0 Å². The van der Waals surface area contributed by atoms with E-state index in [2.05, 4.69) is 93.6 Å². The number of ketones is 1. The monoisotopic (exact) mass is 530 g/mol. The molecule has 0 N–H and O–H groups in total. The summed E-state index contributed by atoms with van der Waals surface area (Å²) in [6.45, 7) is 9.24. The molecule has 0 fully saturated rings. The maximum Gasteiger partial charge on any atom is 0.373 e. The van der Waals surface area contributed by atoms with Gasteiger partial charge in [-0.1, -0.05) is 112 Å². The van der Waals surface area contributed by atoms with Gasteiger partial charge in [0.25, 0.3) is 0 Å². The van der Waals surface area contributed by atoms with Crippen molar-refractivity contribution in [2.24, 2.45) is 0 Å². The van der Waals surface area contributed by atoms with Crippen LogP contribution < -0.4 is 0 Å². The first-order chi connectivity index (χ1) is 19.3. The number of hydrogen-bond acceptors (Lipinski definition) is 4. The van der Waals surface area contributed by atoms with Gasteiger partial charge in [-0.2, -0.15) is 14.7 Å². The van der Waals surface area contributed by atoms with E-state index in [9.17, 15) is 4.79 Å². The fraction of sp³-hybridized carbons (Fsp3) is 0.229. The minimum atomic E-state index is 0.164. The van der Waals surface area contributed by atoms with Crippen LogP contribution in [0.2, 0.25) is 0 Å². The Kier molecular flexibility index (Phi) is 9.21. The second kappa shape index (κ2) is 13.0. The third kappa shape index (κ3) is 6.69. The summed E-state index contributed by atoms with van der Waals surface area (Å²) in [6, 6.07) is 33.7. The van der Waals surface area contributed by atoms with Crippen molar-refractivity contribution < 1.29 is 14.4 Å². The van der Waals surface area contributed by atoms with Gasteiger partial charge in [0.05, 0.1) is 17.8 Å². The minimum absolute atomic E-state index is 0.164. The zero-order valence-electron chi connectivity index (χ0n) is 23.4. The van der Waals surface area contributed by atoms with E-state index in [1.165, 1.54) is 27.8 Å². The van der Waals surface area contributed by atoms with E-state index >= 15 is 0 Å². The van der Waals surface area contributed by atoms with Gasteiger partial charge >= 0.3 is 6.15 Å². The van der Waals surface area contributed by atoms with E-state index in [0.29, 0.717) is 18.9 Å². The molecule has 5 nitrogen and oxygen atoms in total. The third-order valence-corrected chi connectivity index (χ3v) is 7.29. The molecule has 1 aromatic heterocycles. The standard InChI is InChI=1S/C34H34N2O.CO2/c1-23(2)29-11-8-12-30(20-29)24(3)19-34(37)31-17-18-32-25(4)35-36(33(32)21-31)22-26-13-15-28(16-14-26)27-9-6-5-7-10-27;2-1-3/h5-18,20-21,23-24H,19,22H2,1-4H3;/t24-;/m1./s1. The fourth-order valence-electron chi connectivity index (χ4n) is 4.98. The second-order valence-corrected chi connectivity index (χ2v) is 10.5. The first-order valence-corrected chi connectivity index (χ1v) is 13.5. The Bertz CT molecular complexity index is 1630. The van der Waals surface area contributed by atoms with E-state index in [0.717, 1.165) is 22.2 Å². The summed E-state index contributed by atoms with van der Waals surface area (Å²) in [5.74, 6) is 0.807. The lowest BCUT2D eigenvalue weighted by molar-refractivity contribution is -0.191. The Morgan fingerprint density at radius 1 is 0.800 bits per heavy atom. The molecule has 0 unspecified atom stereocenters. The SMILES string of the molecule is Cc1nn(Cc2ccc(-c3ccccc3)cc2)c2cc(C(=O)C[C@@H](C)c3cccc(C(C)C)c3)ccc12.O=C=O. The van der Waals surface area contributed by atoms with Gasteiger partial charge in [-0.3, -0.25) is 9.48 Å². The van der Waals surface area contributed by atoms with Gasteiger partial charge in [-0.25, -0.2) is 0 Å². The van der Waals surface area contributed by atoms with Crippen molar-refractivity contribution in [1.29, 1.82) is 0 Å². The highest BCUT2D eigenvalue weighted by molar-refractivity contribution is 6.00. The number of carbonyl (C=O) groups excluding carboxylic acids is 3. The average Bonchev–Trinajstić information content (AvgIpc) is 3.28. The molecule has 0 aliphatic rings. The average molecular weight is 531 g/mol. The van der Waals surface area contributed by atoms with Gasteiger partial charge < -0.3 is 0 Å². The molecule has 5 rings (SSSR count). The van der Waals surface area contributed by atoms with E-state index < -0.39 is 0 Å². The summed E-state index contributed by atoms with van der Waals surface area (Å²) in [5.41, 5.74) is 8.86. The van der Waals surface area contributed by atoms with Crippen molar-refractivity contribution in [1.82, 2.24) is 9.78 Å². The number of aromatic nitrogens is 2. The number of hydrogen-bond donors (Lipinski definition) is 0. The molecule has 4 aromatic carbocycles. The highest BCUT2D eigenvalue weighted by atomic mass is 16.2. The molecule has 40 heavy (non-hydrogen) atoms. The van der Waals surface area contributed by atoms with E-state index in [1.54, 1.807) is 0 Å². The Balaban J connectivity index is 0.00000118. The number of benzene rings is 4. The summed E-state index contributed by atoms with van der Waals surface area (Å²) >= 11 is 0. The normalized spacial score (nSPS) is 11.5. The van der Waals surface area contributed by atoms with Crippen LogP contribution in [-0.2, 0) is 16.1 Å². The number of fused-ring (bicyclic) bond motifs is 1. The summed E-state index contributed by atoms with van der Waals surface area (Å²) in [5, 5.41) is 5.90. The van der Waals surface area contributed by atoms with Gasteiger partial charge in [0.1, 0.15) is 0 Å². The van der Waals surface area contributed by atoms with Crippen molar-refractivity contribution in [2.45, 2.75) is 52.5 Å². The third-order valence-electron chi connectivity index (χ3n) is 7.29. The van der Waals surface area contributed by atoms with Crippen LogP contribution in [0.1, 0.15) is 71.8 Å². The lowest BCUT2D eigenvalue weighted by Crippen LogP contribution is -2.07. The van der Waals surface area contributed by atoms with Crippen LogP contribution in [0, 0.1) is 6.92 Å². The molecular weight excluding hydrogens is 496 g/mol. The van der Waals surface area contributed by atoms with E-state index in [-0.39, 0.29) is 17.9 Å². The number of rotatable bonds is 8. The number of aryl methyl sites for hydroxylation is 1. The molecule has 0 bridgehead atoms. The molecule has 0 radical (unpaired) electrons. The Morgan fingerprint density at radius 3 is 2.12 bits per heavy atom. The Morgan fingerprint density at radius 2 is 1.45 bits per heavy atom. The quantitative estimate of drug-likeness (QED) is 0.191. The smallest absolute Gasteiger partial charge is 0.294 e. The van der Waals surface area contributed by atoms with Crippen LogP contribution in [-0.4, -0.2) is 21.7 Å². The largest absolute Gasteiger partial charge is 0.373 e. The van der Waals surface area contributed by atoms with Crippen LogP contribution in [0.25, 0.3) is 22.0 Å². The molecular formula is C35H34N2O3. The van der Waals surface area contributed by atoms with Crippen molar-refractivity contribution in [3.05, 3.63) is 125 Å². The predicted molar refractivity (Wildman–Crippen MR) is 158 cm³/mol. The lowest BCUT2D eigenvalue weighted by Gasteiger charge is -2.14. The molecule has 5 heteroatoms. The zero-order valence-corrected chi connectivity index (χ0v) is 23.4. The second-order valence-electron chi connectivity index (χ2n) is 10.5. The molecule has 202 valence electrons. The number of nitrogens with zero attached hydrogens (tertiary/aromatic N) is 2. The molecule has 0 aliphatic carbocycles. The van der Waals surface area contributed by atoms with Gasteiger partial charge in [0, 0.05) is 17.4 Å². The van der Waals surface area contributed by atoms with Gasteiger partial charge in [0.15, 0.2) is 5.78 Å². The zero-order chi connectivity index (χ0) is 28.6. The fourth-order valence-corrected chi connectivity index (χ4v) is 4.98. The molecule has 0 aliphatic heterocycles. The molecule has 0 spiro atoms. The van der Waals surface area contributed by atoms with Gasteiger partial charge in [-0.15, -0.1) is 0 Å². The van der Waals surface area contributed by atoms with Crippen LogP contribution >= 0.6 is 0 Å². The van der Waals surface area contributed by atoms with Gasteiger partial charge in [-0.05, 0) is 52.6 Å². The summed E-state index contributed by atoms with van der Waals surface area (Å²) < 4.78 is 2.02. The highest BCUT2D eigenvalue weighted by Gasteiger charge is 2.16. The van der Waals surface area contributed by atoms with E-state index in [4.69, 9.17) is 14.7 Å². The van der Waals surface area contributed by atoms with Crippen LogP contribution in [0.5, 0.6) is 0 Å². The minimum Gasteiger partial charge on any atom is -0.294 e. The molecule has 0 saturated carbocycles. The summed E-state index contributed by atoms with van der Waals surface area (Å²) in [6.07, 6.45) is 0.737. The number of carbonyl (C=O) groups is 1. The summed E-state index contributed by atoms with van der Waals surface area (Å²) in [4.78, 5) is 29.6. The predicted octanol–water partition coefficient (Wildman–Crippen LogP) is 7.98. The first kappa shape index (κ1) is 28.4. The topological polar surface area (TPSA) is 69.0 Å². The molecule has 1 heterocycles. The number of Topliss-reactive ketones (excluding diaryl/α,β-unsaturated/α-hetero) is 1. The van der Waals surface area contributed by atoms with Crippen molar-refractivity contribution in [2.75, 3.05) is 0 Å². The van der Waals surface area contributed by atoms with Crippen molar-refractivity contribution >= 4 is 22.8 Å². The maximum absolute atomic E-state index is 13.3. The molecule has 0 saturated heterocycles. The summed E-state index contributed by atoms with van der Waals surface area (Å²) in [7, 11) is 0. The van der Waals surface area contributed by atoms with Gasteiger partial charge in [0.2, 0.25) is 0 Å². The van der Waals surface area contributed by atoms with Crippen LogP contribution in [0.15, 0.2) is 97.1 Å². The van der Waals surface area contributed by atoms with Crippen LogP contribution in [0.3, 0.4) is 0 Å². The molecule has 5 aromatic rings. The van der Waals surface area contributed by atoms with Crippen molar-refractivity contribution in [3.8, 4) is 11.1 Å². The Hall–Kier alpha value is -4.60. The maximum atomic E-state index is 13.3. The molecule has 0 amide bonds. The molecule has 1 atom stereocenters. The highest BCUT2D eigenvalue weighted by Crippen LogP contribution is 2.27. The first-order valence-electron chi connectivity index (χ1n) is 13.5. The lowest BCUT2D eigenvalue weighted by atomic mass is 9.90. The van der Waals surface area contributed by atoms with Crippen molar-refractivity contribution in [3.63, 3.8) is 0 Å².